The summed E-state index contributed by atoms with van der Waals surface area (Å²) in [6.45, 7) is 4.72. The fourth-order valence-electron chi connectivity index (χ4n) is 2.05. The van der Waals surface area contributed by atoms with Crippen molar-refractivity contribution in [3.8, 4) is 0 Å². The fourth-order valence-corrected chi connectivity index (χ4v) is 2.61. The van der Waals surface area contributed by atoms with Gasteiger partial charge < -0.3 is 4.74 Å². The maximum atomic E-state index is 13.5. The SMILES string of the molecule is Fc1ccc(I)cc1CCCN1CCOCC1. The van der Waals surface area contributed by atoms with Crippen LogP contribution >= 0.6 is 22.6 Å². The normalized spacial score (nSPS) is 17.3. The van der Waals surface area contributed by atoms with Gasteiger partial charge in [-0.25, -0.2) is 4.39 Å². The third-order valence-corrected chi connectivity index (χ3v) is 3.70. The molecule has 1 aromatic rings. The average Bonchev–Trinajstić information content (AvgIpc) is 2.35. The molecule has 94 valence electrons. The van der Waals surface area contributed by atoms with Crippen molar-refractivity contribution >= 4 is 22.6 Å². The van der Waals surface area contributed by atoms with Gasteiger partial charge in [0, 0.05) is 16.7 Å². The van der Waals surface area contributed by atoms with E-state index in [1.54, 1.807) is 12.1 Å². The first-order chi connectivity index (χ1) is 8.25. The van der Waals surface area contributed by atoms with Crippen LogP contribution in [0.4, 0.5) is 4.39 Å². The predicted molar refractivity (Wildman–Crippen MR) is 74.7 cm³/mol. The van der Waals surface area contributed by atoms with Gasteiger partial charge in [0.25, 0.3) is 0 Å². The largest absolute Gasteiger partial charge is 0.379 e. The van der Waals surface area contributed by atoms with Gasteiger partial charge in [-0.05, 0) is 65.7 Å². The highest BCUT2D eigenvalue weighted by Crippen LogP contribution is 2.14. The zero-order valence-corrected chi connectivity index (χ0v) is 12.0. The van der Waals surface area contributed by atoms with E-state index in [-0.39, 0.29) is 5.82 Å². The lowest BCUT2D eigenvalue weighted by molar-refractivity contribution is 0.0374. The first-order valence-corrected chi connectivity index (χ1v) is 7.07. The van der Waals surface area contributed by atoms with Gasteiger partial charge in [0.2, 0.25) is 0 Å². The van der Waals surface area contributed by atoms with Crippen molar-refractivity contribution in [1.82, 2.24) is 4.90 Å². The molecule has 0 aromatic heterocycles. The molecule has 4 heteroatoms. The van der Waals surface area contributed by atoms with Gasteiger partial charge in [0.15, 0.2) is 0 Å². The molecule has 0 saturated carbocycles. The highest BCUT2D eigenvalue weighted by Gasteiger charge is 2.10. The lowest BCUT2D eigenvalue weighted by atomic mass is 10.1. The average molecular weight is 349 g/mol. The maximum Gasteiger partial charge on any atom is 0.126 e. The van der Waals surface area contributed by atoms with E-state index >= 15 is 0 Å². The lowest BCUT2D eigenvalue weighted by Gasteiger charge is -2.26. The Bertz CT molecular complexity index is 366. The van der Waals surface area contributed by atoms with Crippen LogP contribution < -0.4 is 0 Å². The Hall–Kier alpha value is -0.200. The van der Waals surface area contributed by atoms with E-state index in [4.69, 9.17) is 4.74 Å². The minimum absolute atomic E-state index is 0.0765. The molecule has 1 aromatic carbocycles. The lowest BCUT2D eigenvalue weighted by Crippen LogP contribution is -2.36. The zero-order valence-electron chi connectivity index (χ0n) is 9.79. The molecule has 0 amide bonds. The number of morpholine rings is 1. The molecular weight excluding hydrogens is 332 g/mol. The van der Waals surface area contributed by atoms with Crippen molar-refractivity contribution in [3.63, 3.8) is 0 Å². The van der Waals surface area contributed by atoms with Gasteiger partial charge in [-0.2, -0.15) is 0 Å². The van der Waals surface area contributed by atoms with Crippen LogP contribution in [0, 0.1) is 9.39 Å². The number of rotatable bonds is 4. The van der Waals surface area contributed by atoms with E-state index in [0.717, 1.165) is 54.8 Å². The smallest absolute Gasteiger partial charge is 0.126 e. The Morgan fingerprint density at radius 3 is 2.82 bits per heavy atom. The summed E-state index contributed by atoms with van der Waals surface area (Å²) >= 11 is 2.22. The summed E-state index contributed by atoms with van der Waals surface area (Å²) in [5, 5.41) is 0. The standard InChI is InChI=1S/C13H17FINO/c14-13-4-3-12(15)10-11(13)2-1-5-16-6-8-17-9-7-16/h3-4,10H,1-2,5-9H2. The number of aryl methyl sites for hydroxylation is 1. The van der Waals surface area contributed by atoms with Crippen molar-refractivity contribution < 1.29 is 9.13 Å². The van der Waals surface area contributed by atoms with E-state index in [1.165, 1.54) is 0 Å². The molecule has 1 fully saturated rings. The topological polar surface area (TPSA) is 12.5 Å². The molecule has 2 nitrogen and oxygen atoms in total. The monoisotopic (exact) mass is 349 g/mol. The van der Waals surface area contributed by atoms with Crippen LogP contribution in [0.1, 0.15) is 12.0 Å². The Labute approximate surface area is 115 Å². The van der Waals surface area contributed by atoms with Gasteiger partial charge >= 0.3 is 0 Å². The first-order valence-electron chi connectivity index (χ1n) is 6.00. The molecule has 1 heterocycles. The number of hydrogen-bond donors (Lipinski definition) is 0. The Morgan fingerprint density at radius 2 is 2.06 bits per heavy atom. The van der Waals surface area contributed by atoms with Crippen molar-refractivity contribution in [1.29, 1.82) is 0 Å². The first kappa shape index (κ1) is 13.2. The number of halogens is 2. The molecule has 1 aliphatic heterocycles. The summed E-state index contributed by atoms with van der Waals surface area (Å²) < 4.78 is 19.9. The zero-order chi connectivity index (χ0) is 12.1. The van der Waals surface area contributed by atoms with E-state index < -0.39 is 0 Å². The minimum atomic E-state index is -0.0765. The van der Waals surface area contributed by atoms with Gasteiger partial charge in [0.05, 0.1) is 13.2 Å². The summed E-state index contributed by atoms with van der Waals surface area (Å²) in [7, 11) is 0. The highest BCUT2D eigenvalue weighted by molar-refractivity contribution is 14.1. The summed E-state index contributed by atoms with van der Waals surface area (Å²) in [5.74, 6) is -0.0765. The van der Waals surface area contributed by atoms with Crippen molar-refractivity contribution in [3.05, 3.63) is 33.1 Å². The Balaban J connectivity index is 1.79. The van der Waals surface area contributed by atoms with E-state index in [2.05, 4.69) is 27.5 Å². The summed E-state index contributed by atoms with van der Waals surface area (Å²) in [6, 6.07) is 5.31. The fraction of sp³-hybridized carbons (Fsp3) is 0.538. The summed E-state index contributed by atoms with van der Waals surface area (Å²) in [4.78, 5) is 2.38. The van der Waals surface area contributed by atoms with E-state index in [9.17, 15) is 4.39 Å². The van der Waals surface area contributed by atoms with Crippen LogP contribution in [0.3, 0.4) is 0 Å². The second kappa shape index (κ2) is 6.66. The van der Waals surface area contributed by atoms with E-state index in [1.807, 2.05) is 6.07 Å². The quantitative estimate of drug-likeness (QED) is 0.775. The van der Waals surface area contributed by atoms with Gasteiger partial charge in [-0.1, -0.05) is 0 Å². The summed E-state index contributed by atoms with van der Waals surface area (Å²) in [5.41, 5.74) is 0.838. The van der Waals surface area contributed by atoms with Crippen molar-refractivity contribution in [2.45, 2.75) is 12.8 Å². The molecule has 0 radical (unpaired) electrons. The van der Waals surface area contributed by atoms with Gasteiger partial charge in [0.1, 0.15) is 5.82 Å². The molecule has 17 heavy (non-hydrogen) atoms. The molecule has 0 unspecified atom stereocenters. The van der Waals surface area contributed by atoms with Crippen LogP contribution in [-0.2, 0) is 11.2 Å². The third-order valence-electron chi connectivity index (χ3n) is 3.03. The molecule has 0 atom stereocenters. The molecule has 0 N–H and O–H groups in total. The number of benzene rings is 1. The molecule has 1 aliphatic rings. The molecule has 1 saturated heterocycles. The molecule has 0 aliphatic carbocycles. The van der Waals surface area contributed by atoms with Crippen LogP contribution in [-0.4, -0.2) is 37.7 Å². The minimum Gasteiger partial charge on any atom is -0.379 e. The van der Waals surface area contributed by atoms with Crippen LogP contribution in [0.5, 0.6) is 0 Å². The number of ether oxygens (including phenoxy) is 1. The molecule has 0 bridgehead atoms. The molecule has 2 rings (SSSR count). The Kier molecular flexibility index (Phi) is 5.18. The van der Waals surface area contributed by atoms with Crippen LogP contribution in [0.25, 0.3) is 0 Å². The second-order valence-electron chi connectivity index (χ2n) is 4.29. The highest BCUT2D eigenvalue weighted by atomic mass is 127. The maximum absolute atomic E-state index is 13.5. The number of nitrogens with zero attached hydrogens (tertiary/aromatic N) is 1. The molecular formula is C13H17FINO. The van der Waals surface area contributed by atoms with Gasteiger partial charge in [-0.15, -0.1) is 0 Å². The van der Waals surface area contributed by atoms with Crippen molar-refractivity contribution in [2.24, 2.45) is 0 Å². The molecule has 0 spiro atoms. The predicted octanol–water partition coefficient (Wildman–Crippen LogP) is 2.70. The van der Waals surface area contributed by atoms with Crippen LogP contribution in [0.2, 0.25) is 0 Å². The third kappa shape index (κ3) is 4.19. The van der Waals surface area contributed by atoms with E-state index in [0.29, 0.717) is 0 Å². The number of hydrogen-bond acceptors (Lipinski definition) is 2. The van der Waals surface area contributed by atoms with Crippen LogP contribution in [0.15, 0.2) is 18.2 Å². The van der Waals surface area contributed by atoms with Gasteiger partial charge in [-0.3, -0.25) is 4.90 Å². The second-order valence-corrected chi connectivity index (χ2v) is 5.54. The van der Waals surface area contributed by atoms with Crippen molar-refractivity contribution in [2.75, 3.05) is 32.8 Å². The summed E-state index contributed by atoms with van der Waals surface area (Å²) in [6.07, 6.45) is 1.83. The Morgan fingerprint density at radius 1 is 1.29 bits per heavy atom.